The average Bonchev–Trinajstić information content (AvgIpc) is 2.65. The first kappa shape index (κ1) is 22.0. The molecule has 3 aliphatic rings. The Kier molecular flexibility index (Phi) is 13.3. The van der Waals surface area contributed by atoms with Crippen LogP contribution in [0, 0.1) is 0 Å². The first-order valence-electron chi connectivity index (χ1n) is 9.95. The Hall–Kier alpha value is -0.320. The van der Waals surface area contributed by atoms with Crippen molar-refractivity contribution < 1.29 is 28.7 Å². The molecular formula is C18H36N2O6. The fourth-order valence-corrected chi connectivity index (χ4v) is 2.94. The Morgan fingerprint density at radius 3 is 1.69 bits per heavy atom. The van der Waals surface area contributed by atoms with E-state index < -0.39 is 0 Å². The van der Waals surface area contributed by atoms with E-state index in [4.69, 9.17) is 28.7 Å². The van der Waals surface area contributed by atoms with Crippen LogP contribution in [0.25, 0.3) is 0 Å². The maximum atomic E-state index is 5.80. The standard InChI is InChI=1S/C18H36N2O6/c1-2-4-19-5-12-22-16-17-23-13-7-20(6-11-21-10-3-1)8-14-24-18-26-25-15-9-19/h1-18H2. The highest BCUT2D eigenvalue weighted by Gasteiger charge is 2.08. The van der Waals surface area contributed by atoms with Gasteiger partial charge in [-0.25, -0.2) is 9.78 Å². The second-order valence-corrected chi connectivity index (χ2v) is 6.55. The van der Waals surface area contributed by atoms with Crippen LogP contribution in [-0.2, 0) is 28.7 Å². The molecule has 2 unspecified atom stereocenters. The van der Waals surface area contributed by atoms with Crippen LogP contribution < -0.4 is 0 Å². The van der Waals surface area contributed by atoms with Gasteiger partial charge >= 0.3 is 0 Å². The van der Waals surface area contributed by atoms with Crippen LogP contribution in [0.1, 0.15) is 19.3 Å². The van der Waals surface area contributed by atoms with Gasteiger partial charge in [-0.15, -0.1) is 0 Å². The molecule has 0 aromatic heterocycles. The number of fused-ring (bicyclic) bond motifs is 21. The van der Waals surface area contributed by atoms with E-state index in [0.29, 0.717) is 39.6 Å². The monoisotopic (exact) mass is 376 g/mol. The van der Waals surface area contributed by atoms with Gasteiger partial charge < -0.3 is 18.9 Å². The smallest absolute Gasteiger partial charge is 0.180 e. The van der Waals surface area contributed by atoms with E-state index in [2.05, 4.69) is 9.80 Å². The lowest BCUT2D eigenvalue weighted by Crippen LogP contribution is -2.35. The number of hydrogen-bond acceptors (Lipinski definition) is 8. The molecule has 2 atom stereocenters. The van der Waals surface area contributed by atoms with E-state index >= 15 is 0 Å². The Morgan fingerprint density at radius 2 is 0.962 bits per heavy atom. The molecule has 0 aromatic carbocycles. The molecule has 8 nitrogen and oxygen atoms in total. The van der Waals surface area contributed by atoms with Crippen LogP contribution in [0.5, 0.6) is 0 Å². The van der Waals surface area contributed by atoms with Crippen molar-refractivity contribution in [3.8, 4) is 0 Å². The predicted octanol–water partition coefficient (Wildman–Crippen LogP) is 0.760. The van der Waals surface area contributed by atoms with Crippen molar-refractivity contribution in [2.45, 2.75) is 19.3 Å². The van der Waals surface area contributed by atoms with Gasteiger partial charge in [-0.2, -0.15) is 0 Å². The molecule has 0 N–H and O–H groups in total. The summed E-state index contributed by atoms with van der Waals surface area (Å²) >= 11 is 0. The largest absolute Gasteiger partial charge is 0.380 e. The van der Waals surface area contributed by atoms with Crippen LogP contribution in [0.3, 0.4) is 0 Å². The average molecular weight is 376 g/mol. The third kappa shape index (κ3) is 11.4. The number of hydrogen-bond donors (Lipinski definition) is 0. The van der Waals surface area contributed by atoms with Crippen LogP contribution in [0.4, 0.5) is 0 Å². The molecule has 3 aliphatic heterocycles. The van der Waals surface area contributed by atoms with Gasteiger partial charge in [0.15, 0.2) is 6.79 Å². The third-order valence-corrected chi connectivity index (χ3v) is 4.55. The minimum atomic E-state index is 0.157. The summed E-state index contributed by atoms with van der Waals surface area (Å²) in [7, 11) is 0. The van der Waals surface area contributed by atoms with Crippen molar-refractivity contribution in [2.75, 3.05) is 98.9 Å². The molecule has 3 rings (SSSR count). The molecule has 154 valence electrons. The molecule has 0 spiro atoms. The Bertz CT molecular complexity index is 247. The van der Waals surface area contributed by atoms with Crippen molar-refractivity contribution in [1.82, 2.24) is 9.80 Å². The van der Waals surface area contributed by atoms with Gasteiger partial charge in [-0.1, -0.05) is 0 Å². The molecule has 8 heteroatoms. The van der Waals surface area contributed by atoms with E-state index in [0.717, 1.165) is 65.3 Å². The van der Waals surface area contributed by atoms with E-state index in [1.807, 2.05) is 0 Å². The van der Waals surface area contributed by atoms with E-state index in [1.54, 1.807) is 0 Å². The van der Waals surface area contributed by atoms with Gasteiger partial charge in [0.05, 0.1) is 46.2 Å². The summed E-state index contributed by atoms with van der Waals surface area (Å²) in [6.45, 7) is 10.9. The lowest BCUT2D eigenvalue weighted by molar-refractivity contribution is -0.337. The molecule has 0 saturated carbocycles. The normalized spacial score (nSPS) is 30.5. The van der Waals surface area contributed by atoms with Crippen molar-refractivity contribution in [1.29, 1.82) is 0 Å². The van der Waals surface area contributed by atoms with Gasteiger partial charge in [-0.05, 0) is 25.8 Å². The highest BCUT2D eigenvalue weighted by Crippen LogP contribution is 2.02. The maximum Gasteiger partial charge on any atom is 0.180 e. The van der Waals surface area contributed by atoms with Crippen molar-refractivity contribution >= 4 is 0 Å². The van der Waals surface area contributed by atoms with Crippen LogP contribution in [0.15, 0.2) is 0 Å². The second kappa shape index (κ2) is 15.7. The minimum absolute atomic E-state index is 0.157. The fraction of sp³-hybridized carbons (Fsp3) is 1.00. The molecule has 0 amide bonds. The first-order chi connectivity index (χ1) is 12.9. The number of rotatable bonds is 0. The van der Waals surface area contributed by atoms with Gasteiger partial charge in [0.25, 0.3) is 0 Å². The second-order valence-electron chi connectivity index (χ2n) is 6.55. The fourth-order valence-electron chi connectivity index (χ4n) is 2.94. The molecule has 2 bridgehead atoms. The van der Waals surface area contributed by atoms with E-state index in [1.165, 1.54) is 6.42 Å². The molecule has 3 fully saturated rings. The minimum Gasteiger partial charge on any atom is -0.380 e. The molecule has 0 radical (unpaired) electrons. The quantitative estimate of drug-likeness (QED) is 0.575. The molecular weight excluding hydrogens is 340 g/mol. The van der Waals surface area contributed by atoms with Gasteiger partial charge in [0.2, 0.25) is 0 Å². The lowest BCUT2D eigenvalue weighted by atomic mass is 10.2. The summed E-state index contributed by atoms with van der Waals surface area (Å²) < 4.78 is 22.7. The number of nitrogens with zero attached hydrogens (tertiary/aromatic N) is 2. The summed E-state index contributed by atoms with van der Waals surface area (Å²) in [5, 5.41) is 0. The van der Waals surface area contributed by atoms with Crippen molar-refractivity contribution in [3.63, 3.8) is 0 Å². The topological polar surface area (TPSA) is 61.9 Å². The summed E-state index contributed by atoms with van der Waals surface area (Å²) in [6, 6.07) is 0. The van der Waals surface area contributed by atoms with Crippen LogP contribution in [-0.4, -0.2) is 109 Å². The van der Waals surface area contributed by atoms with Crippen LogP contribution in [0.2, 0.25) is 0 Å². The molecule has 3 heterocycles. The zero-order valence-electron chi connectivity index (χ0n) is 16.1. The summed E-state index contributed by atoms with van der Waals surface area (Å²) in [5.74, 6) is 0. The third-order valence-electron chi connectivity index (χ3n) is 4.55. The zero-order valence-corrected chi connectivity index (χ0v) is 16.1. The summed E-state index contributed by atoms with van der Waals surface area (Å²) in [5.41, 5.74) is 0. The maximum absolute atomic E-state index is 5.80. The van der Waals surface area contributed by atoms with Crippen molar-refractivity contribution in [3.05, 3.63) is 0 Å². The van der Waals surface area contributed by atoms with E-state index in [9.17, 15) is 0 Å². The Balaban J connectivity index is 1.87. The predicted molar refractivity (Wildman–Crippen MR) is 97.0 cm³/mol. The molecule has 0 aliphatic carbocycles. The highest BCUT2D eigenvalue weighted by molar-refractivity contribution is 4.59. The van der Waals surface area contributed by atoms with Gasteiger partial charge in [-0.3, -0.25) is 9.80 Å². The van der Waals surface area contributed by atoms with Gasteiger partial charge in [0, 0.05) is 39.3 Å². The SMILES string of the molecule is C1CCOCCN2CCOCCOCCN(CC1)CCOOCOCC2. The van der Waals surface area contributed by atoms with Crippen LogP contribution >= 0.6 is 0 Å². The highest BCUT2D eigenvalue weighted by atomic mass is 17.2. The Morgan fingerprint density at radius 1 is 0.385 bits per heavy atom. The summed E-state index contributed by atoms with van der Waals surface area (Å²) in [6.07, 6.45) is 3.44. The molecule has 0 aromatic rings. The van der Waals surface area contributed by atoms with Gasteiger partial charge in [0.1, 0.15) is 0 Å². The molecule has 3 saturated heterocycles. The number of ether oxygens (including phenoxy) is 4. The van der Waals surface area contributed by atoms with E-state index in [-0.39, 0.29) is 6.79 Å². The lowest BCUT2D eigenvalue weighted by Gasteiger charge is -2.24. The first-order valence-corrected chi connectivity index (χ1v) is 9.95. The zero-order chi connectivity index (χ0) is 18.1. The van der Waals surface area contributed by atoms with Crippen molar-refractivity contribution in [2.24, 2.45) is 0 Å². The molecule has 26 heavy (non-hydrogen) atoms. The Labute approximate surface area is 157 Å². The summed E-state index contributed by atoms with van der Waals surface area (Å²) in [4.78, 5) is 15.0.